The molecule has 0 saturated carbocycles. The molecule has 0 N–H and O–H groups in total. The molecule has 29 heavy (non-hydrogen) atoms. The van der Waals surface area contributed by atoms with E-state index in [9.17, 15) is 13.2 Å². The van der Waals surface area contributed by atoms with Gasteiger partial charge in [-0.2, -0.15) is 9.40 Å². The summed E-state index contributed by atoms with van der Waals surface area (Å²) in [5, 5.41) is 4.80. The topological polar surface area (TPSA) is 84.7 Å². The van der Waals surface area contributed by atoms with Gasteiger partial charge in [-0.25, -0.2) is 8.42 Å². The lowest BCUT2D eigenvalue weighted by Gasteiger charge is -2.34. The Bertz CT molecular complexity index is 1030. The maximum Gasteiger partial charge on any atom is 0.257 e. The number of aryl methyl sites for hydroxylation is 2. The van der Waals surface area contributed by atoms with Crippen LogP contribution in [0.5, 0.6) is 5.75 Å². The number of hydrogen-bond donors (Lipinski definition) is 0. The molecule has 0 bridgehead atoms. The van der Waals surface area contributed by atoms with Gasteiger partial charge >= 0.3 is 0 Å². The number of aromatic nitrogens is 2. The Labute approximate surface area is 176 Å². The molecule has 1 aliphatic heterocycles. The third kappa shape index (κ3) is 3.99. The number of nitrogens with zero attached hydrogens (tertiary/aromatic N) is 4. The maximum absolute atomic E-state index is 13.2. The molecule has 0 spiro atoms. The minimum absolute atomic E-state index is 0.207. The molecule has 0 radical (unpaired) electrons. The molecule has 158 valence electrons. The lowest BCUT2D eigenvalue weighted by molar-refractivity contribution is 0.0694. The molecule has 1 saturated heterocycles. The van der Waals surface area contributed by atoms with Crippen LogP contribution >= 0.6 is 11.6 Å². The smallest absolute Gasteiger partial charge is 0.257 e. The highest BCUT2D eigenvalue weighted by Gasteiger charge is 2.34. The highest BCUT2D eigenvalue weighted by molar-refractivity contribution is 7.89. The summed E-state index contributed by atoms with van der Waals surface area (Å²) >= 11 is 5.97. The Morgan fingerprint density at radius 2 is 1.86 bits per heavy atom. The SMILES string of the molecule is CCn1nc(C)c(S(=O)(=O)N2CCN(C(=O)c3ccc(Cl)cc3OC)CC2)c1C. The first-order chi connectivity index (χ1) is 13.7. The van der Waals surface area contributed by atoms with Crippen molar-refractivity contribution in [3.63, 3.8) is 0 Å². The largest absolute Gasteiger partial charge is 0.496 e. The van der Waals surface area contributed by atoms with Crippen molar-refractivity contribution in [1.82, 2.24) is 19.0 Å². The summed E-state index contributed by atoms with van der Waals surface area (Å²) in [6, 6.07) is 4.85. The van der Waals surface area contributed by atoms with Gasteiger partial charge in [-0.3, -0.25) is 9.48 Å². The zero-order valence-corrected chi connectivity index (χ0v) is 18.5. The van der Waals surface area contributed by atoms with Crippen molar-refractivity contribution in [2.45, 2.75) is 32.2 Å². The number of carbonyl (C=O) groups is 1. The number of benzene rings is 1. The number of hydrogen-bond acceptors (Lipinski definition) is 5. The predicted octanol–water partition coefficient (Wildman–Crippen LogP) is 2.33. The van der Waals surface area contributed by atoms with Crippen LogP contribution < -0.4 is 4.74 Å². The summed E-state index contributed by atoms with van der Waals surface area (Å²) in [4.78, 5) is 14.8. The summed E-state index contributed by atoms with van der Waals surface area (Å²) in [6.07, 6.45) is 0. The maximum atomic E-state index is 13.2. The lowest BCUT2D eigenvalue weighted by Crippen LogP contribution is -2.50. The second-order valence-corrected chi connectivity index (χ2v) is 9.17. The number of halogens is 1. The molecule has 2 heterocycles. The highest BCUT2D eigenvalue weighted by atomic mass is 35.5. The van der Waals surface area contributed by atoms with Crippen molar-refractivity contribution in [2.24, 2.45) is 0 Å². The van der Waals surface area contributed by atoms with Gasteiger partial charge < -0.3 is 9.64 Å². The second-order valence-electron chi connectivity index (χ2n) is 6.86. The van der Waals surface area contributed by atoms with Gasteiger partial charge in [0.05, 0.1) is 24.1 Å². The molecule has 0 aliphatic carbocycles. The van der Waals surface area contributed by atoms with E-state index in [4.69, 9.17) is 16.3 Å². The van der Waals surface area contributed by atoms with Crippen molar-refractivity contribution < 1.29 is 17.9 Å². The minimum Gasteiger partial charge on any atom is -0.496 e. The number of carbonyl (C=O) groups excluding carboxylic acids is 1. The summed E-state index contributed by atoms with van der Waals surface area (Å²) in [5.74, 6) is 0.192. The van der Waals surface area contributed by atoms with Crippen molar-refractivity contribution in [3.05, 3.63) is 40.2 Å². The standard InChI is InChI=1S/C19H25ClN4O4S/c1-5-24-14(3)18(13(2)21-24)29(26,27)23-10-8-22(9-11-23)19(25)16-7-6-15(20)12-17(16)28-4/h6-7,12H,5,8-11H2,1-4H3. The molecule has 0 atom stereocenters. The van der Waals surface area contributed by atoms with Gasteiger partial charge in [0.2, 0.25) is 10.0 Å². The van der Waals surface area contributed by atoms with Gasteiger partial charge in [0.1, 0.15) is 10.6 Å². The van der Waals surface area contributed by atoms with Crippen LogP contribution in [-0.2, 0) is 16.6 Å². The van der Waals surface area contributed by atoms with Gasteiger partial charge in [0.25, 0.3) is 5.91 Å². The van der Waals surface area contributed by atoms with Crippen LogP contribution in [0.3, 0.4) is 0 Å². The Morgan fingerprint density at radius 3 is 2.41 bits per heavy atom. The zero-order chi connectivity index (χ0) is 21.3. The van der Waals surface area contributed by atoms with Crippen molar-refractivity contribution in [2.75, 3.05) is 33.3 Å². The monoisotopic (exact) mass is 440 g/mol. The average Bonchev–Trinajstić information content (AvgIpc) is 3.01. The van der Waals surface area contributed by atoms with Crippen LogP contribution in [0.2, 0.25) is 5.02 Å². The van der Waals surface area contributed by atoms with E-state index >= 15 is 0 Å². The van der Waals surface area contributed by atoms with E-state index in [-0.39, 0.29) is 23.9 Å². The highest BCUT2D eigenvalue weighted by Crippen LogP contribution is 2.27. The first-order valence-electron chi connectivity index (χ1n) is 9.37. The van der Waals surface area contributed by atoms with Crippen molar-refractivity contribution in [3.8, 4) is 5.75 Å². The molecule has 1 aromatic heterocycles. The Kier molecular flexibility index (Phi) is 6.21. The van der Waals surface area contributed by atoms with Gasteiger partial charge in [-0.15, -0.1) is 0 Å². The lowest BCUT2D eigenvalue weighted by atomic mass is 10.1. The fourth-order valence-corrected chi connectivity index (χ4v) is 5.59. The molecular weight excluding hydrogens is 416 g/mol. The number of rotatable bonds is 5. The van der Waals surface area contributed by atoms with E-state index in [0.29, 0.717) is 47.4 Å². The summed E-state index contributed by atoms with van der Waals surface area (Å²) in [7, 11) is -2.19. The molecule has 1 aliphatic rings. The van der Waals surface area contributed by atoms with Crippen LogP contribution in [0.15, 0.2) is 23.1 Å². The molecular formula is C19H25ClN4O4S. The molecule has 10 heteroatoms. The molecule has 0 unspecified atom stereocenters. The molecule has 2 aromatic rings. The van der Waals surface area contributed by atoms with E-state index in [2.05, 4.69) is 5.10 Å². The Morgan fingerprint density at radius 1 is 1.21 bits per heavy atom. The zero-order valence-electron chi connectivity index (χ0n) is 17.0. The molecule has 3 rings (SSSR count). The molecule has 1 aromatic carbocycles. The third-order valence-electron chi connectivity index (χ3n) is 5.13. The Balaban J connectivity index is 1.77. The van der Waals surface area contributed by atoms with Crippen LogP contribution in [0.25, 0.3) is 0 Å². The first kappa shape index (κ1) is 21.6. The summed E-state index contributed by atoms with van der Waals surface area (Å²) < 4.78 is 34.7. The number of sulfonamides is 1. The normalized spacial score (nSPS) is 15.6. The van der Waals surface area contributed by atoms with E-state index in [0.717, 1.165) is 0 Å². The van der Waals surface area contributed by atoms with E-state index in [1.807, 2.05) is 6.92 Å². The van der Waals surface area contributed by atoms with Crippen LogP contribution in [-0.4, -0.2) is 66.6 Å². The van der Waals surface area contributed by atoms with Gasteiger partial charge in [-0.1, -0.05) is 11.6 Å². The van der Waals surface area contributed by atoms with Crippen LogP contribution in [0, 0.1) is 13.8 Å². The van der Waals surface area contributed by atoms with E-state index < -0.39 is 10.0 Å². The van der Waals surface area contributed by atoms with Crippen molar-refractivity contribution >= 4 is 27.5 Å². The van der Waals surface area contributed by atoms with E-state index in [1.54, 1.807) is 41.6 Å². The fourth-order valence-electron chi connectivity index (χ4n) is 3.63. The van der Waals surface area contributed by atoms with E-state index in [1.165, 1.54) is 11.4 Å². The average molecular weight is 441 g/mol. The Hall–Kier alpha value is -2.10. The predicted molar refractivity (Wildman–Crippen MR) is 110 cm³/mol. The molecule has 8 nitrogen and oxygen atoms in total. The minimum atomic E-state index is -3.67. The molecule has 1 fully saturated rings. The van der Waals surface area contributed by atoms with Gasteiger partial charge in [-0.05, 0) is 39.0 Å². The number of methoxy groups -OCH3 is 1. The van der Waals surface area contributed by atoms with Crippen molar-refractivity contribution in [1.29, 1.82) is 0 Å². The summed E-state index contributed by atoms with van der Waals surface area (Å²) in [6.45, 7) is 7.04. The number of piperazine rings is 1. The van der Waals surface area contributed by atoms with Crippen LogP contribution in [0.1, 0.15) is 28.7 Å². The second kappa shape index (κ2) is 8.33. The quantitative estimate of drug-likeness (QED) is 0.712. The van der Waals surface area contributed by atoms with Gasteiger partial charge in [0, 0.05) is 37.7 Å². The fraction of sp³-hybridized carbons (Fsp3) is 0.474. The number of ether oxygens (including phenoxy) is 1. The summed E-state index contributed by atoms with van der Waals surface area (Å²) in [5.41, 5.74) is 1.53. The number of amides is 1. The first-order valence-corrected chi connectivity index (χ1v) is 11.2. The molecule has 1 amide bonds. The third-order valence-corrected chi connectivity index (χ3v) is 7.52. The van der Waals surface area contributed by atoms with Gasteiger partial charge in [0.15, 0.2) is 0 Å². The van der Waals surface area contributed by atoms with Crippen LogP contribution in [0.4, 0.5) is 0 Å².